The van der Waals surface area contributed by atoms with Crippen LogP contribution in [0.5, 0.6) is 0 Å². The highest BCUT2D eigenvalue weighted by molar-refractivity contribution is 6.42. The highest BCUT2D eigenvalue weighted by Crippen LogP contribution is 2.30. The molecule has 1 nitrogen and oxygen atoms in total. The van der Waals surface area contributed by atoms with Crippen molar-refractivity contribution in [2.24, 2.45) is 0 Å². The first-order valence-corrected chi connectivity index (χ1v) is 6.38. The van der Waals surface area contributed by atoms with E-state index in [0.717, 1.165) is 11.1 Å². The fourth-order valence-corrected chi connectivity index (χ4v) is 2.11. The van der Waals surface area contributed by atoms with Crippen LogP contribution in [0.3, 0.4) is 0 Å². The van der Waals surface area contributed by atoms with Crippen molar-refractivity contribution in [3.63, 3.8) is 0 Å². The Balaban J connectivity index is 2.38. The number of halogens is 2. The van der Waals surface area contributed by atoms with Gasteiger partial charge in [0.15, 0.2) is 0 Å². The predicted octanol–water partition coefficient (Wildman–Crippen LogP) is 4.93. The van der Waals surface area contributed by atoms with E-state index >= 15 is 0 Å². The predicted molar refractivity (Wildman–Crippen MR) is 76.1 cm³/mol. The second kappa shape index (κ2) is 6.24. The Bertz CT molecular complexity index is 511. The molecule has 1 atom stereocenters. The van der Waals surface area contributed by atoms with E-state index in [0.29, 0.717) is 16.7 Å². The Morgan fingerprint density at radius 3 is 2.28 bits per heavy atom. The first-order chi connectivity index (χ1) is 8.72. The lowest BCUT2D eigenvalue weighted by Gasteiger charge is -2.18. The largest absolute Gasteiger partial charge is 0.369 e. The number of hydrogen-bond acceptors (Lipinski definition) is 1. The maximum absolute atomic E-state index is 6.04. The summed E-state index contributed by atoms with van der Waals surface area (Å²) in [4.78, 5) is 0. The van der Waals surface area contributed by atoms with Gasteiger partial charge in [-0.15, -0.1) is 0 Å². The van der Waals surface area contributed by atoms with Crippen LogP contribution >= 0.6 is 23.2 Å². The zero-order valence-corrected chi connectivity index (χ0v) is 11.3. The van der Waals surface area contributed by atoms with Crippen LogP contribution in [-0.2, 0) is 4.74 Å². The highest BCUT2D eigenvalue weighted by atomic mass is 35.5. The van der Waals surface area contributed by atoms with Crippen molar-refractivity contribution in [2.75, 3.05) is 6.61 Å². The minimum absolute atomic E-state index is 0.168. The van der Waals surface area contributed by atoms with E-state index in [1.54, 1.807) is 6.07 Å². The summed E-state index contributed by atoms with van der Waals surface area (Å²) >= 11 is 12.0. The number of ether oxygens (including phenoxy) is 1. The van der Waals surface area contributed by atoms with E-state index in [2.05, 4.69) is 6.92 Å². The summed E-state index contributed by atoms with van der Waals surface area (Å²) in [5, 5.41) is 1.07. The first kappa shape index (κ1) is 13.4. The molecule has 0 saturated heterocycles. The molecule has 18 heavy (non-hydrogen) atoms. The molecule has 2 aromatic carbocycles. The minimum Gasteiger partial charge on any atom is -0.369 e. The maximum Gasteiger partial charge on any atom is 0.108 e. The maximum atomic E-state index is 6.04. The highest BCUT2D eigenvalue weighted by Gasteiger charge is 2.14. The summed E-state index contributed by atoms with van der Waals surface area (Å²) in [6.45, 7) is 4.12. The molecule has 1 unspecified atom stereocenters. The van der Waals surface area contributed by atoms with Crippen molar-refractivity contribution >= 4 is 23.2 Å². The average molecular weight is 280 g/mol. The number of hydrogen-bond donors (Lipinski definition) is 0. The zero-order valence-electron chi connectivity index (χ0n) is 9.77. The standard InChI is InChI=1S/C15H13Cl2O/c1-2-18-15(11-6-4-3-5-7-11)12-8-9-13(16)14(17)10-12/h3-10,15H,1-2H2. The molecular formula is C15H13Cl2O. The van der Waals surface area contributed by atoms with Crippen LogP contribution < -0.4 is 0 Å². The van der Waals surface area contributed by atoms with Crippen molar-refractivity contribution in [2.45, 2.75) is 6.10 Å². The van der Waals surface area contributed by atoms with Gasteiger partial charge in [-0.1, -0.05) is 59.6 Å². The SMILES string of the molecule is [CH2]COC(c1ccccc1)c1ccc(Cl)c(Cl)c1. The second-order valence-electron chi connectivity index (χ2n) is 3.84. The van der Waals surface area contributed by atoms with Gasteiger partial charge in [-0.3, -0.25) is 0 Å². The van der Waals surface area contributed by atoms with Crippen LogP contribution in [0.15, 0.2) is 48.5 Å². The van der Waals surface area contributed by atoms with Crippen molar-refractivity contribution in [3.8, 4) is 0 Å². The lowest BCUT2D eigenvalue weighted by atomic mass is 10.0. The third-order valence-electron chi connectivity index (χ3n) is 2.63. The molecule has 2 rings (SSSR count). The molecule has 0 amide bonds. The van der Waals surface area contributed by atoms with Gasteiger partial charge < -0.3 is 4.74 Å². The second-order valence-corrected chi connectivity index (χ2v) is 4.65. The monoisotopic (exact) mass is 279 g/mol. The third-order valence-corrected chi connectivity index (χ3v) is 3.37. The molecule has 0 heterocycles. The molecule has 0 aliphatic rings. The van der Waals surface area contributed by atoms with Gasteiger partial charge in [-0.2, -0.15) is 0 Å². The van der Waals surface area contributed by atoms with E-state index in [1.807, 2.05) is 42.5 Å². The Labute approximate surface area is 117 Å². The quantitative estimate of drug-likeness (QED) is 0.771. The van der Waals surface area contributed by atoms with Crippen LogP contribution in [0.25, 0.3) is 0 Å². The number of rotatable bonds is 4. The van der Waals surface area contributed by atoms with Crippen LogP contribution in [0, 0.1) is 6.92 Å². The summed E-state index contributed by atoms with van der Waals surface area (Å²) in [7, 11) is 0. The minimum atomic E-state index is -0.168. The summed E-state index contributed by atoms with van der Waals surface area (Å²) in [6.07, 6.45) is -0.168. The summed E-state index contributed by atoms with van der Waals surface area (Å²) in [6, 6.07) is 15.5. The van der Waals surface area contributed by atoms with Gasteiger partial charge in [0.25, 0.3) is 0 Å². The van der Waals surface area contributed by atoms with Gasteiger partial charge in [-0.25, -0.2) is 0 Å². The fraction of sp³-hybridized carbons (Fsp3) is 0.133. The smallest absolute Gasteiger partial charge is 0.108 e. The molecule has 93 valence electrons. The Hall–Kier alpha value is -1.02. The van der Waals surface area contributed by atoms with Crippen LogP contribution in [-0.4, -0.2) is 6.61 Å². The van der Waals surface area contributed by atoms with Crippen molar-refractivity contribution < 1.29 is 4.74 Å². The Kier molecular flexibility index (Phi) is 4.65. The van der Waals surface area contributed by atoms with Crippen LogP contribution in [0.4, 0.5) is 0 Å². The van der Waals surface area contributed by atoms with E-state index in [9.17, 15) is 0 Å². The first-order valence-electron chi connectivity index (χ1n) is 5.63. The summed E-state index contributed by atoms with van der Waals surface area (Å²) < 4.78 is 5.70. The van der Waals surface area contributed by atoms with Gasteiger partial charge in [0.2, 0.25) is 0 Å². The molecule has 0 spiro atoms. The average Bonchev–Trinajstić information content (AvgIpc) is 2.40. The van der Waals surface area contributed by atoms with E-state index < -0.39 is 0 Å². The van der Waals surface area contributed by atoms with Crippen LogP contribution in [0.2, 0.25) is 10.0 Å². The molecule has 0 aliphatic carbocycles. The van der Waals surface area contributed by atoms with Crippen molar-refractivity contribution in [1.29, 1.82) is 0 Å². The molecule has 0 fully saturated rings. The zero-order chi connectivity index (χ0) is 13.0. The summed E-state index contributed by atoms with van der Waals surface area (Å²) in [5.41, 5.74) is 2.04. The molecule has 0 N–H and O–H groups in total. The van der Waals surface area contributed by atoms with E-state index in [1.165, 1.54) is 0 Å². The Morgan fingerprint density at radius 2 is 1.67 bits per heavy atom. The van der Waals surface area contributed by atoms with E-state index in [4.69, 9.17) is 27.9 Å². The molecule has 0 bridgehead atoms. The van der Waals surface area contributed by atoms with Crippen LogP contribution in [0.1, 0.15) is 17.2 Å². The molecule has 0 saturated carbocycles. The molecule has 0 aromatic heterocycles. The van der Waals surface area contributed by atoms with Crippen molar-refractivity contribution in [3.05, 3.63) is 76.6 Å². The molecular weight excluding hydrogens is 267 g/mol. The molecule has 0 aliphatic heterocycles. The van der Waals surface area contributed by atoms with Gasteiger partial charge in [0.05, 0.1) is 10.0 Å². The lowest BCUT2D eigenvalue weighted by Crippen LogP contribution is -2.06. The van der Waals surface area contributed by atoms with E-state index in [-0.39, 0.29) is 6.10 Å². The fourth-order valence-electron chi connectivity index (χ4n) is 1.81. The number of benzene rings is 2. The normalized spacial score (nSPS) is 12.4. The topological polar surface area (TPSA) is 9.23 Å². The molecule has 3 heteroatoms. The summed E-state index contributed by atoms with van der Waals surface area (Å²) in [5.74, 6) is 0. The van der Waals surface area contributed by atoms with Gasteiger partial charge in [0.1, 0.15) is 6.10 Å². The molecule has 1 radical (unpaired) electrons. The van der Waals surface area contributed by atoms with Gasteiger partial charge in [0, 0.05) is 6.61 Å². The lowest BCUT2D eigenvalue weighted by molar-refractivity contribution is 0.103. The van der Waals surface area contributed by atoms with Crippen molar-refractivity contribution in [1.82, 2.24) is 0 Å². The van der Waals surface area contributed by atoms with Gasteiger partial charge >= 0.3 is 0 Å². The van der Waals surface area contributed by atoms with Gasteiger partial charge in [-0.05, 0) is 30.2 Å². The Morgan fingerprint density at radius 1 is 0.944 bits per heavy atom. The third kappa shape index (κ3) is 3.05. The molecule has 2 aromatic rings.